The van der Waals surface area contributed by atoms with Crippen LogP contribution in [0.1, 0.15) is 13.2 Å². The van der Waals surface area contributed by atoms with E-state index in [-0.39, 0.29) is 22.3 Å². The highest BCUT2D eigenvalue weighted by Crippen LogP contribution is 2.37. The molecule has 0 aromatic carbocycles. The van der Waals surface area contributed by atoms with Gasteiger partial charge in [0.05, 0.1) is 6.61 Å². The lowest BCUT2D eigenvalue weighted by Crippen LogP contribution is -2.46. The summed E-state index contributed by atoms with van der Waals surface area (Å²) in [5.41, 5.74) is 3.88. The molecule has 9 heteroatoms. The summed E-state index contributed by atoms with van der Waals surface area (Å²) in [5, 5.41) is 30.0. The average Bonchev–Trinajstić information content (AvgIpc) is 2.70. The number of anilines is 1. The Morgan fingerprint density at radius 3 is 2.86 bits per heavy atom. The van der Waals surface area contributed by atoms with Gasteiger partial charge < -0.3 is 30.4 Å². The van der Waals surface area contributed by atoms with Gasteiger partial charge in [-0.2, -0.15) is 0 Å². The molecule has 1 unspecified atom stereocenters. The number of nitrogens with two attached hydrogens (primary N) is 1. The summed E-state index contributed by atoms with van der Waals surface area (Å²) in [6, 6.07) is 1.25. The van der Waals surface area contributed by atoms with E-state index in [1.807, 2.05) is 0 Å². The van der Waals surface area contributed by atoms with Gasteiger partial charge in [-0.25, -0.2) is 9.97 Å². The lowest BCUT2D eigenvalue weighted by molar-refractivity contribution is -0.0804. The van der Waals surface area contributed by atoms with E-state index in [1.54, 1.807) is 0 Å². The monoisotopic (exact) mass is 308 g/mol. The SMILES string of the molecule is C[C@@]1(O)[C@@H](CO)OC(n2ccc(=O)c3c(N)ncnc32)[C@@H]1O. The number of aromatic nitrogens is 3. The van der Waals surface area contributed by atoms with Crippen LogP contribution < -0.4 is 11.2 Å². The van der Waals surface area contributed by atoms with E-state index in [0.29, 0.717) is 0 Å². The van der Waals surface area contributed by atoms with Crippen LogP contribution in [0.5, 0.6) is 0 Å². The number of fused-ring (bicyclic) bond motifs is 1. The number of aliphatic hydroxyl groups is 3. The number of aliphatic hydroxyl groups excluding tert-OH is 2. The Balaban J connectivity index is 2.18. The van der Waals surface area contributed by atoms with Gasteiger partial charge in [-0.1, -0.05) is 0 Å². The number of hydrogen-bond acceptors (Lipinski definition) is 8. The number of hydrogen-bond donors (Lipinski definition) is 4. The standard InChI is InChI=1S/C13H16N4O5/c1-13(21)7(4-18)22-12(9(13)20)17-3-2-6(19)8-10(14)15-5-16-11(8)17/h2-3,5,7,9,12,18,20-21H,4H2,1H3,(H2,14,15,16)/t7-,9+,12?,13-/m1/s1. The molecule has 0 radical (unpaired) electrons. The van der Waals surface area contributed by atoms with Crippen LogP contribution in [-0.4, -0.2) is 54.3 Å². The fourth-order valence-corrected chi connectivity index (χ4v) is 2.63. The molecular weight excluding hydrogens is 292 g/mol. The third kappa shape index (κ3) is 1.98. The van der Waals surface area contributed by atoms with Crippen molar-refractivity contribution in [2.45, 2.75) is 31.0 Å². The van der Waals surface area contributed by atoms with E-state index in [4.69, 9.17) is 10.5 Å². The molecule has 2 aromatic heterocycles. The zero-order chi connectivity index (χ0) is 16.1. The van der Waals surface area contributed by atoms with Gasteiger partial charge in [0, 0.05) is 12.3 Å². The average molecular weight is 308 g/mol. The van der Waals surface area contributed by atoms with Gasteiger partial charge >= 0.3 is 0 Å². The third-order valence-electron chi connectivity index (χ3n) is 4.00. The minimum absolute atomic E-state index is 0.0160. The summed E-state index contributed by atoms with van der Waals surface area (Å²) in [6.07, 6.45) is -0.741. The fraction of sp³-hybridized carbons (Fsp3) is 0.462. The van der Waals surface area contributed by atoms with Crippen molar-refractivity contribution in [1.29, 1.82) is 0 Å². The number of rotatable bonds is 2. The second kappa shape index (κ2) is 4.99. The molecule has 0 aliphatic carbocycles. The lowest BCUT2D eigenvalue weighted by Gasteiger charge is -2.25. The van der Waals surface area contributed by atoms with Crippen LogP contribution >= 0.6 is 0 Å². The van der Waals surface area contributed by atoms with Crippen molar-refractivity contribution in [1.82, 2.24) is 14.5 Å². The van der Waals surface area contributed by atoms with Crippen LogP contribution in [0.2, 0.25) is 0 Å². The molecular formula is C13H16N4O5. The molecule has 1 aliphatic rings. The summed E-state index contributed by atoms with van der Waals surface area (Å²) < 4.78 is 6.91. The molecule has 2 aromatic rings. The molecule has 1 fully saturated rings. The Kier molecular flexibility index (Phi) is 3.37. The summed E-state index contributed by atoms with van der Waals surface area (Å²) >= 11 is 0. The third-order valence-corrected chi connectivity index (χ3v) is 4.00. The highest BCUT2D eigenvalue weighted by molar-refractivity contribution is 5.84. The first-order valence-corrected chi connectivity index (χ1v) is 6.66. The van der Waals surface area contributed by atoms with E-state index in [9.17, 15) is 20.1 Å². The van der Waals surface area contributed by atoms with Gasteiger partial charge in [-0.05, 0) is 6.92 Å². The van der Waals surface area contributed by atoms with Crippen molar-refractivity contribution in [3.63, 3.8) is 0 Å². The quantitative estimate of drug-likeness (QED) is 0.518. The van der Waals surface area contributed by atoms with Crippen molar-refractivity contribution in [3.05, 3.63) is 28.8 Å². The fourth-order valence-electron chi connectivity index (χ4n) is 2.63. The summed E-state index contributed by atoms with van der Waals surface area (Å²) in [6.45, 7) is 0.905. The number of pyridine rings is 1. The Bertz CT molecular complexity index is 775. The second-order valence-electron chi connectivity index (χ2n) is 5.41. The maximum Gasteiger partial charge on any atom is 0.194 e. The second-order valence-corrected chi connectivity index (χ2v) is 5.41. The largest absolute Gasteiger partial charge is 0.394 e. The van der Waals surface area contributed by atoms with Crippen molar-refractivity contribution in [2.75, 3.05) is 12.3 Å². The normalized spacial score (nSPS) is 31.7. The molecule has 0 amide bonds. The van der Waals surface area contributed by atoms with Crippen molar-refractivity contribution in [3.8, 4) is 0 Å². The van der Waals surface area contributed by atoms with E-state index < -0.39 is 30.6 Å². The molecule has 0 bridgehead atoms. The lowest BCUT2D eigenvalue weighted by atomic mass is 9.95. The maximum absolute atomic E-state index is 11.9. The molecule has 1 saturated heterocycles. The van der Waals surface area contributed by atoms with Crippen molar-refractivity contribution in [2.24, 2.45) is 0 Å². The van der Waals surface area contributed by atoms with Crippen LogP contribution in [-0.2, 0) is 4.74 Å². The molecule has 5 N–H and O–H groups in total. The summed E-state index contributed by atoms with van der Waals surface area (Å²) in [4.78, 5) is 19.7. The van der Waals surface area contributed by atoms with E-state index >= 15 is 0 Å². The molecule has 3 rings (SSSR count). The van der Waals surface area contributed by atoms with Gasteiger partial charge in [0.15, 0.2) is 17.3 Å². The number of nitrogen functional groups attached to an aromatic ring is 1. The predicted molar refractivity (Wildman–Crippen MR) is 75.8 cm³/mol. The van der Waals surface area contributed by atoms with Crippen molar-refractivity contribution >= 4 is 16.9 Å². The van der Waals surface area contributed by atoms with E-state index in [2.05, 4.69) is 9.97 Å². The highest BCUT2D eigenvalue weighted by atomic mass is 16.6. The zero-order valence-corrected chi connectivity index (χ0v) is 11.7. The molecule has 22 heavy (non-hydrogen) atoms. The molecule has 118 valence electrons. The molecule has 0 spiro atoms. The summed E-state index contributed by atoms with van der Waals surface area (Å²) in [5.74, 6) is 0.0160. The van der Waals surface area contributed by atoms with Crippen LogP contribution in [0.25, 0.3) is 11.0 Å². The van der Waals surface area contributed by atoms with Crippen LogP contribution in [0.3, 0.4) is 0 Å². The van der Waals surface area contributed by atoms with Gasteiger partial charge in [0.1, 0.15) is 35.3 Å². The molecule has 1 aliphatic heterocycles. The Hall–Kier alpha value is -2.07. The first-order valence-electron chi connectivity index (χ1n) is 6.66. The maximum atomic E-state index is 11.9. The van der Waals surface area contributed by atoms with Crippen LogP contribution in [0.15, 0.2) is 23.4 Å². The number of nitrogens with zero attached hydrogens (tertiary/aromatic N) is 3. The minimum atomic E-state index is -1.65. The highest BCUT2D eigenvalue weighted by Gasteiger charge is 2.52. The zero-order valence-electron chi connectivity index (χ0n) is 11.7. The Labute approximate surface area is 124 Å². The molecule has 3 heterocycles. The van der Waals surface area contributed by atoms with Crippen LogP contribution in [0, 0.1) is 0 Å². The number of ether oxygens (including phenoxy) is 1. The summed E-state index contributed by atoms with van der Waals surface area (Å²) in [7, 11) is 0. The van der Waals surface area contributed by atoms with Gasteiger partial charge in [0.25, 0.3) is 0 Å². The first-order chi connectivity index (χ1) is 10.4. The van der Waals surface area contributed by atoms with Gasteiger partial charge in [-0.3, -0.25) is 4.79 Å². The molecule has 0 saturated carbocycles. The molecule has 9 nitrogen and oxygen atoms in total. The van der Waals surface area contributed by atoms with Gasteiger partial charge in [0.2, 0.25) is 0 Å². The smallest absolute Gasteiger partial charge is 0.194 e. The van der Waals surface area contributed by atoms with Gasteiger partial charge in [-0.15, -0.1) is 0 Å². The first kappa shape index (κ1) is 14.9. The van der Waals surface area contributed by atoms with E-state index in [1.165, 1.54) is 30.1 Å². The topological polar surface area (TPSA) is 144 Å². The van der Waals surface area contributed by atoms with E-state index in [0.717, 1.165) is 0 Å². The van der Waals surface area contributed by atoms with Crippen LogP contribution in [0.4, 0.5) is 5.82 Å². The Morgan fingerprint density at radius 1 is 1.50 bits per heavy atom. The van der Waals surface area contributed by atoms with Crippen molar-refractivity contribution < 1.29 is 20.1 Å². The molecule has 4 atom stereocenters. The minimum Gasteiger partial charge on any atom is -0.394 e. The predicted octanol–water partition coefficient (Wildman–Crippen LogP) is -1.62. The Morgan fingerprint density at radius 2 is 2.23 bits per heavy atom.